The lowest BCUT2D eigenvalue weighted by molar-refractivity contribution is 0.416. The summed E-state index contributed by atoms with van der Waals surface area (Å²) in [5, 5.41) is 0. The van der Waals surface area contributed by atoms with Crippen LogP contribution in [0, 0.1) is 0 Å². The number of aromatic amines is 1. The molecule has 0 spiro atoms. The quantitative estimate of drug-likeness (QED) is 0.800. The van der Waals surface area contributed by atoms with Crippen molar-refractivity contribution < 1.29 is 4.74 Å². The van der Waals surface area contributed by atoms with Gasteiger partial charge < -0.3 is 9.72 Å². The first-order valence-electron chi connectivity index (χ1n) is 4.98. The highest BCUT2D eigenvalue weighted by Crippen LogP contribution is 2.26. The summed E-state index contributed by atoms with van der Waals surface area (Å²) in [6.07, 6.45) is 3.38. The fraction of sp³-hybridized carbons (Fsp3) is 0.167. The Morgan fingerprint density at radius 3 is 2.88 bits per heavy atom. The van der Waals surface area contributed by atoms with Crippen LogP contribution in [0.5, 0.6) is 5.75 Å². The zero-order valence-electron chi connectivity index (χ0n) is 9.27. The molecule has 0 aliphatic rings. The summed E-state index contributed by atoms with van der Waals surface area (Å²) in [6.45, 7) is 1.93. The van der Waals surface area contributed by atoms with E-state index < -0.39 is 0 Å². The fourth-order valence-corrected chi connectivity index (χ4v) is 1.42. The molecule has 0 unspecified atom stereocenters. The highest BCUT2D eigenvalue weighted by Gasteiger charge is 2.02. The maximum absolute atomic E-state index is 5.23. The van der Waals surface area contributed by atoms with E-state index in [2.05, 4.69) is 15.0 Å². The molecule has 0 bridgehead atoms. The van der Waals surface area contributed by atoms with Gasteiger partial charge in [-0.1, -0.05) is 12.1 Å². The molecular weight excluding hydrogens is 202 g/mol. The van der Waals surface area contributed by atoms with Gasteiger partial charge >= 0.3 is 0 Å². The number of hydrogen-bond donors (Lipinski definition) is 1. The van der Waals surface area contributed by atoms with Crippen LogP contribution < -0.4 is 4.74 Å². The predicted molar refractivity (Wildman–Crippen MR) is 63.5 cm³/mol. The molecule has 2 aromatic rings. The third-order valence-corrected chi connectivity index (χ3v) is 2.26. The average molecular weight is 215 g/mol. The first-order valence-corrected chi connectivity index (χ1v) is 4.98. The molecule has 0 amide bonds. The Morgan fingerprint density at radius 2 is 2.19 bits per heavy atom. The van der Waals surface area contributed by atoms with Gasteiger partial charge in [0.15, 0.2) is 0 Å². The lowest BCUT2D eigenvalue weighted by atomic mass is 10.2. The van der Waals surface area contributed by atoms with E-state index in [-0.39, 0.29) is 0 Å². The Hall–Kier alpha value is -2.10. The molecule has 0 radical (unpaired) electrons. The normalized spacial score (nSPS) is 11.5. The number of H-pyrrole nitrogens is 1. The summed E-state index contributed by atoms with van der Waals surface area (Å²) < 4.78 is 5.23. The van der Waals surface area contributed by atoms with Gasteiger partial charge in [0, 0.05) is 0 Å². The number of aromatic nitrogens is 2. The lowest BCUT2D eigenvalue weighted by Crippen LogP contribution is -1.94. The molecule has 16 heavy (non-hydrogen) atoms. The van der Waals surface area contributed by atoms with Crippen molar-refractivity contribution in [2.75, 3.05) is 7.11 Å². The maximum Gasteiger partial charge on any atom is 0.144 e. The van der Waals surface area contributed by atoms with Crippen LogP contribution >= 0.6 is 0 Å². The van der Waals surface area contributed by atoms with Crippen LogP contribution in [0.15, 0.2) is 41.8 Å². The smallest absolute Gasteiger partial charge is 0.144 e. The molecule has 1 heterocycles. The molecule has 1 aromatic heterocycles. The van der Waals surface area contributed by atoms with Gasteiger partial charge in [-0.15, -0.1) is 0 Å². The molecule has 0 fully saturated rings. The Bertz CT molecular complexity index is 489. The first-order chi connectivity index (χ1) is 7.81. The van der Waals surface area contributed by atoms with Crippen LogP contribution in [0.1, 0.15) is 12.6 Å². The number of benzene rings is 1. The van der Waals surface area contributed by atoms with Crippen LogP contribution in [0.3, 0.4) is 0 Å². The third-order valence-electron chi connectivity index (χ3n) is 2.26. The largest absolute Gasteiger partial charge is 0.494 e. The number of para-hydroxylation sites is 2. The maximum atomic E-state index is 5.23. The molecule has 0 aliphatic carbocycles. The summed E-state index contributed by atoms with van der Waals surface area (Å²) in [6, 6.07) is 7.66. The third kappa shape index (κ3) is 2.11. The molecule has 1 N–H and O–H groups in total. The standard InChI is InChI=1S/C12H13N3O/c1-9(11-7-13-8-14-11)15-10-5-3-4-6-12(10)16-2/h3-8H,1-2H3,(H,13,14). The van der Waals surface area contributed by atoms with E-state index >= 15 is 0 Å². The van der Waals surface area contributed by atoms with Crippen LogP contribution in [0.25, 0.3) is 0 Å². The van der Waals surface area contributed by atoms with Gasteiger partial charge in [-0.3, -0.25) is 0 Å². The number of imidazole rings is 1. The van der Waals surface area contributed by atoms with Gasteiger partial charge in [0.25, 0.3) is 0 Å². The molecule has 82 valence electrons. The Morgan fingerprint density at radius 1 is 1.38 bits per heavy atom. The second-order valence-electron chi connectivity index (χ2n) is 3.33. The number of nitrogens with zero attached hydrogens (tertiary/aromatic N) is 2. The van der Waals surface area contributed by atoms with Crippen molar-refractivity contribution in [1.82, 2.24) is 9.97 Å². The summed E-state index contributed by atoms with van der Waals surface area (Å²) in [7, 11) is 1.64. The summed E-state index contributed by atoms with van der Waals surface area (Å²) in [4.78, 5) is 11.5. The topological polar surface area (TPSA) is 50.3 Å². The minimum atomic E-state index is 0.765. The minimum absolute atomic E-state index is 0.765. The van der Waals surface area contributed by atoms with E-state index in [4.69, 9.17) is 4.74 Å². The number of rotatable bonds is 3. The molecule has 1 aromatic carbocycles. The Labute approximate surface area is 94.0 Å². The molecular formula is C12H13N3O. The van der Waals surface area contributed by atoms with Gasteiger partial charge in [-0.2, -0.15) is 0 Å². The molecule has 2 rings (SSSR count). The zero-order valence-corrected chi connectivity index (χ0v) is 9.27. The van der Waals surface area contributed by atoms with E-state index in [1.807, 2.05) is 31.2 Å². The lowest BCUT2D eigenvalue weighted by Gasteiger charge is -2.04. The summed E-state index contributed by atoms with van der Waals surface area (Å²) in [5.74, 6) is 0.765. The van der Waals surface area contributed by atoms with Crippen molar-refractivity contribution >= 4 is 11.4 Å². The van der Waals surface area contributed by atoms with Crippen molar-refractivity contribution in [3.8, 4) is 5.75 Å². The number of nitrogens with one attached hydrogen (secondary N) is 1. The number of ether oxygens (including phenoxy) is 1. The van der Waals surface area contributed by atoms with E-state index in [0.29, 0.717) is 0 Å². The SMILES string of the molecule is COc1ccccc1N=C(C)c1cnc[nH]1. The monoisotopic (exact) mass is 215 g/mol. The van der Waals surface area contributed by atoms with E-state index in [0.717, 1.165) is 22.8 Å². The minimum Gasteiger partial charge on any atom is -0.494 e. The second kappa shape index (κ2) is 4.61. The molecule has 0 saturated heterocycles. The van der Waals surface area contributed by atoms with Crippen molar-refractivity contribution in [1.29, 1.82) is 0 Å². The van der Waals surface area contributed by atoms with Gasteiger partial charge in [0.2, 0.25) is 0 Å². The molecule has 0 atom stereocenters. The first kappa shape index (κ1) is 10.4. The summed E-state index contributed by atoms with van der Waals surface area (Å²) >= 11 is 0. The van der Waals surface area contributed by atoms with Gasteiger partial charge in [-0.05, 0) is 19.1 Å². The molecule has 0 aliphatic heterocycles. The number of methoxy groups -OCH3 is 1. The number of hydrogen-bond acceptors (Lipinski definition) is 3. The highest BCUT2D eigenvalue weighted by molar-refractivity contribution is 5.98. The zero-order chi connectivity index (χ0) is 11.4. The molecule has 0 saturated carbocycles. The van der Waals surface area contributed by atoms with E-state index in [9.17, 15) is 0 Å². The van der Waals surface area contributed by atoms with Crippen molar-refractivity contribution in [2.45, 2.75) is 6.92 Å². The predicted octanol–water partition coefficient (Wildman–Crippen LogP) is 2.56. The van der Waals surface area contributed by atoms with Gasteiger partial charge in [0.05, 0.1) is 31.0 Å². The molecule has 4 nitrogen and oxygen atoms in total. The van der Waals surface area contributed by atoms with E-state index in [1.54, 1.807) is 19.6 Å². The Balaban J connectivity index is 2.35. The highest BCUT2D eigenvalue weighted by atomic mass is 16.5. The van der Waals surface area contributed by atoms with Crippen molar-refractivity contribution in [3.63, 3.8) is 0 Å². The van der Waals surface area contributed by atoms with Crippen LogP contribution in [-0.4, -0.2) is 22.8 Å². The fourth-order valence-electron chi connectivity index (χ4n) is 1.42. The van der Waals surface area contributed by atoms with Gasteiger partial charge in [-0.25, -0.2) is 9.98 Å². The molecule has 4 heteroatoms. The van der Waals surface area contributed by atoms with Gasteiger partial charge in [0.1, 0.15) is 11.4 Å². The van der Waals surface area contributed by atoms with Crippen LogP contribution in [0.2, 0.25) is 0 Å². The second-order valence-corrected chi connectivity index (χ2v) is 3.33. The average Bonchev–Trinajstić information content (AvgIpc) is 2.83. The summed E-state index contributed by atoms with van der Waals surface area (Å²) in [5.41, 5.74) is 2.60. The van der Waals surface area contributed by atoms with E-state index in [1.165, 1.54) is 0 Å². The van der Waals surface area contributed by atoms with Crippen molar-refractivity contribution in [3.05, 3.63) is 42.5 Å². The van der Waals surface area contributed by atoms with Crippen molar-refractivity contribution in [2.24, 2.45) is 4.99 Å². The number of aliphatic imine (C=N–C) groups is 1. The Kier molecular flexibility index (Phi) is 3.00. The van der Waals surface area contributed by atoms with Crippen LogP contribution in [-0.2, 0) is 0 Å². The van der Waals surface area contributed by atoms with Crippen LogP contribution in [0.4, 0.5) is 5.69 Å².